The minimum atomic E-state index is -0.483. The van der Waals surface area contributed by atoms with Gasteiger partial charge in [-0.15, -0.1) is 11.3 Å². The number of carbonyl (C=O) groups is 1. The number of cyclic esters (lactones) is 1. The normalized spacial score (nSPS) is 21.1. The second-order valence-electron chi connectivity index (χ2n) is 6.30. The number of rotatable bonds is 2. The van der Waals surface area contributed by atoms with E-state index in [0.717, 1.165) is 32.7 Å². The number of fused-ring (bicyclic) bond motifs is 4. The Bertz CT molecular complexity index is 1090. The summed E-state index contributed by atoms with van der Waals surface area (Å²) in [7, 11) is 1.50. The van der Waals surface area contributed by atoms with E-state index in [1.54, 1.807) is 17.6 Å². The molecule has 1 fully saturated rings. The van der Waals surface area contributed by atoms with Gasteiger partial charge in [0, 0.05) is 11.5 Å². The van der Waals surface area contributed by atoms with Gasteiger partial charge in [-0.3, -0.25) is 9.79 Å². The van der Waals surface area contributed by atoms with Gasteiger partial charge in [0.1, 0.15) is 12.5 Å². The number of phenolic OH excluding ortho intramolecular Hbond substituents is 1. The van der Waals surface area contributed by atoms with Crippen molar-refractivity contribution in [3.63, 3.8) is 0 Å². The largest absolute Gasteiger partial charge is 0.504 e. The van der Waals surface area contributed by atoms with Crippen LogP contribution < -0.4 is 4.74 Å². The van der Waals surface area contributed by atoms with Crippen molar-refractivity contribution in [3.8, 4) is 11.5 Å². The molecule has 0 radical (unpaired) electrons. The minimum Gasteiger partial charge on any atom is -0.504 e. The fraction of sp³-hybridized carbons (Fsp3) is 0.211. The maximum absolute atomic E-state index is 12.5. The Balaban J connectivity index is 1.79. The number of thiazole rings is 1. The molecule has 0 aliphatic carbocycles. The Hall–Kier alpha value is -2.93. The van der Waals surface area contributed by atoms with Crippen LogP contribution in [0.1, 0.15) is 17.0 Å². The maximum atomic E-state index is 12.5. The molecule has 0 bridgehead atoms. The standard InChI is InChI=1S/C19H14N2O4S/c1-24-14-5-2-9(6-13(14)22)15-16-10(3-4-11-18(16)26-8-20-11)21-12-7-25-19(23)17(12)15/h2-6,8,15,17,22H,7H2,1H3. The molecular formula is C19H14N2O4S. The molecule has 1 aromatic heterocycles. The molecule has 2 unspecified atom stereocenters. The molecule has 1 N–H and O–H groups in total. The van der Waals surface area contributed by atoms with E-state index < -0.39 is 5.92 Å². The Morgan fingerprint density at radius 3 is 2.96 bits per heavy atom. The highest BCUT2D eigenvalue weighted by Crippen LogP contribution is 2.49. The van der Waals surface area contributed by atoms with Gasteiger partial charge < -0.3 is 14.6 Å². The van der Waals surface area contributed by atoms with Gasteiger partial charge in [0.2, 0.25) is 0 Å². The number of hydrogen-bond acceptors (Lipinski definition) is 7. The van der Waals surface area contributed by atoms with Crippen LogP contribution >= 0.6 is 11.3 Å². The van der Waals surface area contributed by atoms with Gasteiger partial charge >= 0.3 is 5.97 Å². The third-order valence-electron chi connectivity index (χ3n) is 4.96. The summed E-state index contributed by atoms with van der Waals surface area (Å²) >= 11 is 1.53. The summed E-state index contributed by atoms with van der Waals surface area (Å²) in [6, 6.07) is 9.11. The fourth-order valence-corrected chi connectivity index (χ4v) is 4.68. The molecule has 3 aromatic rings. The predicted octanol–water partition coefficient (Wildman–Crippen LogP) is 3.40. The molecule has 2 aliphatic rings. The van der Waals surface area contributed by atoms with Gasteiger partial charge in [-0.25, -0.2) is 4.98 Å². The lowest BCUT2D eigenvalue weighted by Gasteiger charge is -2.28. The number of aromatic nitrogens is 1. The number of aromatic hydroxyl groups is 1. The molecule has 3 heterocycles. The van der Waals surface area contributed by atoms with E-state index in [9.17, 15) is 9.90 Å². The maximum Gasteiger partial charge on any atom is 0.316 e. The number of nitrogens with zero attached hydrogens (tertiary/aromatic N) is 2. The van der Waals surface area contributed by atoms with Crippen molar-refractivity contribution in [1.29, 1.82) is 0 Å². The van der Waals surface area contributed by atoms with Crippen molar-refractivity contribution in [2.24, 2.45) is 10.9 Å². The molecule has 2 aliphatic heterocycles. The Labute approximate surface area is 152 Å². The monoisotopic (exact) mass is 366 g/mol. The lowest BCUT2D eigenvalue weighted by atomic mass is 9.76. The van der Waals surface area contributed by atoms with Crippen LogP contribution in [-0.4, -0.2) is 35.5 Å². The topological polar surface area (TPSA) is 81.0 Å². The van der Waals surface area contributed by atoms with Gasteiger partial charge in [0.25, 0.3) is 0 Å². The molecule has 5 rings (SSSR count). The molecular weight excluding hydrogens is 352 g/mol. The number of aliphatic imine (C=N–C) groups is 1. The number of benzene rings is 2. The minimum absolute atomic E-state index is 0.0402. The smallest absolute Gasteiger partial charge is 0.316 e. The van der Waals surface area contributed by atoms with E-state index in [-0.39, 0.29) is 24.2 Å². The zero-order valence-corrected chi connectivity index (χ0v) is 14.6. The second kappa shape index (κ2) is 5.54. The molecule has 7 heteroatoms. The van der Waals surface area contributed by atoms with Crippen LogP contribution in [0.25, 0.3) is 10.2 Å². The SMILES string of the molecule is COc1ccc(C2c3c(ccc4ncsc34)N=C3COC(=O)C32)cc1O. The first-order chi connectivity index (χ1) is 12.7. The molecule has 130 valence electrons. The van der Waals surface area contributed by atoms with Crippen LogP contribution in [0.15, 0.2) is 40.8 Å². The van der Waals surface area contributed by atoms with Crippen molar-refractivity contribution in [1.82, 2.24) is 4.98 Å². The van der Waals surface area contributed by atoms with Crippen molar-refractivity contribution in [2.75, 3.05) is 13.7 Å². The highest BCUT2D eigenvalue weighted by atomic mass is 32.1. The molecule has 0 spiro atoms. The van der Waals surface area contributed by atoms with E-state index in [2.05, 4.69) is 9.98 Å². The zero-order chi connectivity index (χ0) is 17.8. The number of methoxy groups -OCH3 is 1. The zero-order valence-electron chi connectivity index (χ0n) is 13.8. The fourth-order valence-electron chi connectivity index (χ4n) is 3.81. The van der Waals surface area contributed by atoms with Crippen molar-refractivity contribution in [2.45, 2.75) is 5.92 Å². The number of esters is 1. The van der Waals surface area contributed by atoms with Crippen LogP contribution in [-0.2, 0) is 9.53 Å². The quantitative estimate of drug-likeness (QED) is 0.703. The molecule has 26 heavy (non-hydrogen) atoms. The van der Waals surface area contributed by atoms with Gasteiger partial charge in [0.05, 0.1) is 34.2 Å². The van der Waals surface area contributed by atoms with E-state index >= 15 is 0 Å². The Morgan fingerprint density at radius 2 is 2.15 bits per heavy atom. The lowest BCUT2D eigenvalue weighted by Crippen LogP contribution is -2.28. The Kier molecular flexibility index (Phi) is 3.27. The van der Waals surface area contributed by atoms with Gasteiger partial charge in [0.15, 0.2) is 11.5 Å². The number of ether oxygens (including phenoxy) is 2. The van der Waals surface area contributed by atoms with Crippen LogP contribution in [0.2, 0.25) is 0 Å². The summed E-state index contributed by atoms with van der Waals surface area (Å²) in [5.74, 6) is -0.616. The van der Waals surface area contributed by atoms with Crippen molar-refractivity contribution >= 4 is 38.9 Å². The molecule has 2 atom stereocenters. The predicted molar refractivity (Wildman–Crippen MR) is 97.7 cm³/mol. The highest BCUT2D eigenvalue weighted by Gasteiger charge is 2.45. The molecule has 0 amide bonds. The van der Waals surface area contributed by atoms with Crippen LogP contribution in [0.4, 0.5) is 5.69 Å². The van der Waals surface area contributed by atoms with Gasteiger partial charge in [-0.1, -0.05) is 6.07 Å². The summed E-state index contributed by atoms with van der Waals surface area (Å²) < 4.78 is 11.4. The highest BCUT2D eigenvalue weighted by molar-refractivity contribution is 7.17. The van der Waals surface area contributed by atoms with Crippen molar-refractivity contribution < 1.29 is 19.4 Å². The van der Waals surface area contributed by atoms with E-state index in [0.29, 0.717) is 5.75 Å². The van der Waals surface area contributed by atoms with E-state index in [4.69, 9.17) is 9.47 Å². The first-order valence-electron chi connectivity index (χ1n) is 8.14. The van der Waals surface area contributed by atoms with E-state index in [1.165, 1.54) is 18.4 Å². The molecule has 1 saturated heterocycles. The summed E-state index contributed by atoms with van der Waals surface area (Å²) in [4.78, 5) is 21.6. The third-order valence-corrected chi connectivity index (χ3v) is 5.84. The average molecular weight is 366 g/mol. The Morgan fingerprint density at radius 1 is 1.27 bits per heavy atom. The summed E-state index contributed by atoms with van der Waals surface area (Å²) in [6.45, 7) is 0.211. The lowest BCUT2D eigenvalue weighted by molar-refractivity contribution is -0.141. The number of hydrogen-bond donors (Lipinski definition) is 1. The van der Waals surface area contributed by atoms with E-state index in [1.807, 2.05) is 18.2 Å². The van der Waals surface area contributed by atoms with Crippen molar-refractivity contribution in [3.05, 3.63) is 47.0 Å². The van der Waals surface area contributed by atoms with Crippen LogP contribution in [0.5, 0.6) is 11.5 Å². The number of phenols is 1. The molecule has 6 nitrogen and oxygen atoms in total. The van der Waals surface area contributed by atoms with Crippen LogP contribution in [0, 0.1) is 5.92 Å². The van der Waals surface area contributed by atoms with Crippen LogP contribution in [0.3, 0.4) is 0 Å². The second-order valence-corrected chi connectivity index (χ2v) is 7.15. The number of carbonyl (C=O) groups excluding carboxylic acids is 1. The molecule has 2 aromatic carbocycles. The summed E-state index contributed by atoms with van der Waals surface area (Å²) in [6.07, 6.45) is 0. The third kappa shape index (κ3) is 2.07. The summed E-state index contributed by atoms with van der Waals surface area (Å²) in [5, 5.41) is 10.3. The van der Waals surface area contributed by atoms with Gasteiger partial charge in [-0.05, 0) is 29.8 Å². The first-order valence-corrected chi connectivity index (χ1v) is 9.02. The first kappa shape index (κ1) is 15.3. The average Bonchev–Trinajstić information content (AvgIpc) is 3.26. The van der Waals surface area contributed by atoms with Gasteiger partial charge in [-0.2, -0.15) is 0 Å². The molecule has 0 saturated carbocycles. The summed E-state index contributed by atoms with van der Waals surface area (Å²) in [5.41, 5.74) is 6.00.